The van der Waals surface area contributed by atoms with E-state index in [1.165, 1.54) is 11.3 Å². The number of nitrogens with zero attached hydrogens (tertiary/aromatic N) is 4. The van der Waals surface area contributed by atoms with Crippen molar-refractivity contribution in [1.29, 1.82) is 0 Å². The molecule has 0 saturated carbocycles. The van der Waals surface area contributed by atoms with Crippen LogP contribution in [-0.2, 0) is 11.2 Å². The number of piperazine rings is 1. The lowest BCUT2D eigenvalue weighted by molar-refractivity contribution is -0.131. The highest BCUT2D eigenvalue weighted by Crippen LogP contribution is 2.30. The minimum absolute atomic E-state index is 0.269. The minimum atomic E-state index is 0.269. The first-order valence-electron chi connectivity index (χ1n) is 10.0. The van der Waals surface area contributed by atoms with Crippen LogP contribution in [0.25, 0.3) is 0 Å². The van der Waals surface area contributed by atoms with Crippen molar-refractivity contribution in [2.24, 2.45) is 0 Å². The lowest BCUT2D eigenvalue weighted by atomic mass is 9.96. The molecule has 5 heteroatoms. The van der Waals surface area contributed by atoms with Crippen molar-refractivity contribution >= 4 is 17.4 Å². The molecule has 0 radical (unpaired) electrons. The third-order valence-electron chi connectivity index (χ3n) is 5.84. The highest BCUT2D eigenvalue weighted by Gasteiger charge is 2.25. The summed E-state index contributed by atoms with van der Waals surface area (Å²) in [5, 5.41) is 0. The van der Waals surface area contributed by atoms with Gasteiger partial charge >= 0.3 is 0 Å². The molecule has 4 rings (SSSR count). The molecular formula is C22H28N4O. The van der Waals surface area contributed by atoms with Crippen LogP contribution < -0.4 is 9.80 Å². The molecule has 3 heterocycles. The largest absolute Gasteiger partial charge is 0.368 e. The fourth-order valence-electron chi connectivity index (χ4n) is 4.20. The van der Waals surface area contributed by atoms with E-state index >= 15 is 0 Å². The van der Waals surface area contributed by atoms with Crippen LogP contribution in [0.15, 0.2) is 48.7 Å². The van der Waals surface area contributed by atoms with Crippen molar-refractivity contribution < 1.29 is 4.79 Å². The summed E-state index contributed by atoms with van der Waals surface area (Å²) in [5.74, 6) is 1.27. The molecule has 1 unspecified atom stereocenters. The van der Waals surface area contributed by atoms with Crippen molar-refractivity contribution in [2.45, 2.75) is 32.2 Å². The van der Waals surface area contributed by atoms with Gasteiger partial charge in [-0.2, -0.15) is 0 Å². The number of aryl methyl sites for hydroxylation is 1. The second-order valence-electron chi connectivity index (χ2n) is 7.52. The Labute approximate surface area is 161 Å². The SMILES string of the molecule is CC1CCc2ccccc2N1CCC(=O)N1CCN(c2ccccn2)CC1. The second kappa shape index (κ2) is 7.99. The van der Waals surface area contributed by atoms with Gasteiger partial charge < -0.3 is 14.7 Å². The molecule has 2 aromatic rings. The monoisotopic (exact) mass is 364 g/mol. The van der Waals surface area contributed by atoms with Gasteiger partial charge in [-0.25, -0.2) is 4.98 Å². The molecule has 1 atom stereocenters. The molecule has 1 saturated heterocycles. The van der Waals surface area contributed by atoms with Crippen LogP contribution in [0.2, 0.25) is 0 Å². The number of para-hydroxylation sites is 1. The third kappa shape index (κ3) is 3.92. The van der Waals surface area contributed by atoms with E-state index in [1.54, 1.807) is 0 Å². The first-order chi connectivity index (χ1) is 13.2. The number of pyridine rings is 1. The van der Waals surface area contributed by atoms with Crippen molar-refractivity contribution in [3.8, 4) is 0 Å². The van der Waals surface area contributed by atoms with E-state index in [4.69, 9.17) is 0 Å². The Balaban J connectivity index is 1.32. The number of carbonyl (C=O) groups is 1. The van der Waals surface area contributed by atoms with Gasteiger partial charge in [-0.3, -0.25) is 4.79 Å². The average molecular weight is 364 g/mol. The molecule has 1 aromatic heterocycles. The zero-order chi connectivity index (χ0) is 18.6. The van der Waals surface area contributed by atoms with E-state index in [0.29, 0.717) is 12.5 Å². The van der Waals surface area contributed by atoms with Crippen molar-refractivity contribution in [2.75, 3.05) is 42.5 Å². The molecule has 27 heavy (non-hydrogen) atoms. The molecule has 2 aliphatic heterocycles. The van der Waals surface area contributed by atoms with Gasteiger partial charge in [-0.1, -0.05) is 24.3 Å². The van der Waals surface area contributed by atoms with E-state index in [1.807, 2.05) is 29.3 Å². The Bertz CT molecular complexity index is 771. The highest BCUT2D eigenvalue weighted by molar-refractivity contribution is 5.77. The Kier molecular flexibility index (Phi) is 5.28. The molecule has 142 valence electrons. The van der Waals surface area contributed by atoms with Crippen LogP contribution in [0.5, 0.6) is 0 Å². The van der Waals surface area contributed by atoms with E-state index in [-0.39, 0.29) is 5.91 Å². The minimum Gasteiger partial charge on any atom is -0.368 e. The van der Waals surface area contributed by atoms with Gasteiger partial charge in [0.25, 0.3) is 0 Å². The van der Waals surface area contributed by atoms with E-state index in [2.05, 4.69) is 46.0 Å². The maximum absolute atomic E-state index is 12.8. The van der Waals surface area contributed by atoms with Crippen molar-refractivity contribution in [3.05, 3.63) is 54.2 Å². The molecule has 2 aliphatic rings. The van der Waals surface area contributed by atoms with Gasteiger partial charge in [-0.05, 0) is 43.5 Å². The highest BCUT2D eigenvalue weighted by atomic mass is 16.2. The van der Waals surface area contributed by atoms with Gasteiger partial charge in [0.05, 0.1) is 0 Å². The molecule has 1 fully saturated rings. The normalized spacial score (nSPS) is 19.7. The number of benzene rings is 1. The predicted octanol–water partition coefficient (Wildman–Crippen LogP) is 2.96. The fourth-order valence-corrected chi connectivity index (χ4v) is 4.20. The summed E-state index contributed by atoms with van der Waals surface area (Å²) < 4.78 is 0. The first kappa shape index (κ1) is 17.8. The lowest BCUT2D eigenvalue weighted by Crippen LogP contribution is -2.50. The molecule has 0 spiro atoms. The summed E-state index contributed by atoms with van der Waals surface area (Å²) in [6.45, 7) is 6.34. The van der Waals surface area contributed by atoms with Gasteiger partial charge in [0.15, 0.2) is 0 Å². The summed E-state index contributed by atoms with van der Waals surface area (Å²) >= 11 is 0. The zero-order valence-electron chi connectivity index (χ0n) is 16.1. The van der Waals surface area contributed by atoms with E-state index in [0.717, 1.165) is 51.4 Å². The standard InChI is InChI=1S/C22H28N4O/c1-18-9-10-19-6-2-3-7-20(19)26(18)13-11-22(27)25-16-14-24(15-17-25)21-8-4-5-12-23-21/h2-8,12,18H,9-11,13-17H2,1H3. The van der Waals surface area contributed by atoms with Crippen LogP contribution in [-0.4, -0.2) is 54.6 Å². The summed E-state index contributed by atoms with van der Waals surface area (Å²) in [4.78, 5) is 23.9. The van der Waals surface area contributed by atoms with Crippen LogP contribution in [0, 0.1) is 0 Å². The van der Waals surface area contributed by atoms with Gasteiger partial charge in [0.1, 0.15) is 5.82 Å². The first-order valence-corrected chi connectivity index (χ1v) is 10.0. The average Bonchev–Trinajstić information content (AvgIpc) is 2.73. The van der Waals surface area contributed by atoms with Crippen LogP contribution in [0.4, 0.5) is 11.5 Å². The Hall–Kier alpha value is -2.56. The van der Waals surface area contributed by atoms with E-state index < -0.39 is 0 Å². The summed E-state index contributed by atoms with van der Waals surface area (Å²) in [5.41, 5.74) is 2.72. The summed E-state index contributed by atoms with van der Waals surface area (Å²) in [6.07, 6.45) is 4.71. The van der Waals surface area contributed by atoms with Crippen molar-refractivity contribution in [1.82, 2.24) is 9.88 Å². The topological polar surface area (TPSA) is 39.7 Å². The lowest BCUT2D eigenvalue weighted by Gasteiger charge is -2.38. The number of fused-ring (bicyclic) bond motifs is 1. The number of amides is 1. The third-order valence-corrected chi connectivity index (χ3v) is 5.84. The van der Waals surface area contributed by atoms with Crippen LogP contribution in [0.1, 0.15) is 25.3 Å². The quantitative estimate of drug-likeness (QED) is 0.836. The molecule has 1 aromatic carbocycles. The fraction of sp³-hybridized carbons (Fsp3) is 0.455. The molecule has 5 nitrogen and oxygen atoms in total. The number of carbonyl (C=O) groups excluding carboxylic acids is 1. The Morgan fingerprint density at radius 1 is 1.07 bits per heavy atom. The molecule has 0 N–H and O–H groups in total. The molecular weight excluding hydrogens is 336 g/mol. The Morgan fingerprint density at radius 2 is 1.85 bits per heavy atom. The number of aromatic nitrogens is 1. The second-order valence-corrected chi connectivity index (χ2v) is 7.52. The van der Waals surface area contributed by atoms with Gasteiger partial charge in [0.2, 0.25) is 5.91 Å². The number of hydrogen-bond donors (Lipinski definition) is 0. The zero-order valence-corrected chi connectivity index (χ0v) is 16.1. The number of anilines is 2. The van der Waals surface area contributed by atoms with E-state index in [9.17, 15) is 4.79 Å². The van der Waals surface area contributed by atoms with Crippen molar-refractivity contribution in [3.63, 3.8) is 0 Å². The molecule has 1 amide bonds. The number of hydrogen-bond acceptors (Lipinski definition) is 4. The number of rotatable bonds is 4. The smallest absolute Gasteiger partial charge is 0.224 e. The maximum Gasteiger partial charge on any atom is 0.224 e. The van der Waals surface area contributed by atoms with Gasteiger partial charge in [-0.15, -0.1) is 0 Å². The van der Waals surface area contributed by atoms with Crippen LogP contribution >= 0.6 is 0 Å². The van der Waals surface area contributed by atoms with Gasteiger partial charge in [0, 0.05) is 57.1 Å². The maximum atomic E-state index is 12.8. The Morgan fingerprint density at radius 3 is 2.63 bits per heavy atom. The summed E-state index contributed by atoms with van der Waals surface area (Å²) in [6, 6.07) is 15.1. The molecule has 0 bridgehead atoms. The summed E-state index contributed by atoms with van der Waals surface area (Å²) in [7, 11) is 0. The molecule has 0 aliphatic carbocycles. The van der Waals surface area contributed by atoms with Crippen LogP contribution in [0.3, 0.4) is 0 Å². The predicted molar refractivity (Wildman–Crippen MR) is 109 cm³/mol.